The van der Waals surface area contributed by atoms with Crippen molar-refractivity contribution in [3.63, 3.8) is 0 Å². The molecule has 24 heavy (non-hydrogen) atoms. The molecule has 1 amide bonds. The van der Waals surface area contributed by atoms with Crippen molar-refractivity contribution in [2.24, 2.45) is 0 Å². The molecule has 0 aliphatic carbocycles. The van der Waals surface area contributed by atoms with Crippen molar-refractivity contribution in [3.05, 3.63) is 65.9 Å². The Kier molecular flexibility index (Phi) is 4.61. The van der Waals surface area contributed by atoms with Crippen LogP contribution in [0.25, 0.3) is 22.0 Å². The van der Waals surface area contributed by atoms with Gasteiger partial charge < -0.3 is 4.90 Å². The number of hydrogen-bond donors (Lipinski definition) is 0. The maximum absolute atomic E-state index is 12.8. The quantitative estimate of drug-likeness (QED) is 0.699. The van der Waals surface area contributed by atoms with Gasteiger partial charge in [-0.15, -0.1) is 0 Å². The molecule has 1 aromatic heterocycles. The molecule has 0 atom stereocenters. The van der Waals surface area contributed by atoms with Gasteiger partial charge in [-0.05, 0) is 36.1 Å². The lowest BCUT2D eigenvalue weighted by Crippen LogP contribution is -2.29. The lowest BCUT2D eigenvalue weighted by molar-refractivity contribution is 0.0789. The van der Waals surface area contributed by atoms with Crippen LogP contribution >= 0.6 is 0 Å². The molecule has 122 valence electrons. The van der Waals surface area contributed by atoms with Gasteiger partial charge in [0.05, 0.1) is 5.52 Å². The van der Waals surface area contributed by atoms with Crippen LogP contribution in [0.2, 0.25) is 0 Å². The summed E-state index contributed by atoms with van der Waals surface area (Å²) < 4.78 is 0. The van der Waals surface area contributed by atoms with Crippen LogP contribution in [-0.2, 0) is 0 Å². The second kappa shape index (κ2) is 6.83. The number of fused-ring (bicyclic) bond motifs is 1. The Morgan fingerprint density at radius 2 is 1.71 bits per heavy atom. The molecule has 2 aromatic carbocycles. The molecular weight excluding hydrogens is 296 g/mol. The van der Waals surface area contributed by atoms with Crippen LogP contribution in [0.3, 0.4) is 0 Å². The second-order valence-electron chi connectivity index (χ2n) is 6.07. The SMILES string of the molecule is CCCN(C)C(=O)c1nc2ccccc2c(-c2ccccc2)c1C. The number of carbonyl (C=O) groups is 1. The van der Waals surface area contributed by atoms with E-state index in [1.165, 1.54) is 0 Å². The number of carbonyl (C=O) groups excluding carboxylic acids is 1. The molecular formula is C21H22N2O. The van der Waals surface area contributed by atoms with Crippen molar-refractivity contribution in [1.82, 2.24) is 9.88 Å². The summed E-state index contributed by atoms with van der Waals surface area (Å²) in [4.78, 5) is 19.3. The largest absolute Gasteiger partial charge is 0.340 e. The summed E-state index contributed by atoms with van der Waals surface area (Å²) in [6, 6.07) is 18.2. The summed E-state index contributed by atoms with van der Waals surface area (Å²) in [6.07, 6.45) is 0.931. The number of amides is 1. The maximum Gasteiger partial charge on any atom is 0.272 e. The van der Waals surface area contributed by atoms with E-state index in [0.717, 1.165) is 40.6 Å². The fourth-order valence-electron chi connectivity index (χ4n) is 3.11. The lowest BCUT2D eigenvalue weighted by Gasteiger charge is -2.19. The minimum atomic E-state index is -0.0164. The number of rotatable bonds is 4. The average Bonchev–Trinajstić information content (AvgIpc) is 2.61. The summed E-state index contributed by atoms with van der Waals surface area (Å²) in [5, 5.41) is 1.08. The van der Waals surface area contributed by atoms with Crippen molar-refractivity contribution in [2.45, 2.75) is 20.3 Å². The van der Waals surface area contributed by atoms with Gasteiger partial charge in [0.15, 0.2) is 0 Å². The van der Waals surface area contributed by atoms with Gasteiger partial charge in [0.25, 0.3) is 5.91 Å². The highest BCUT2D eigenvalue weighted by Crippen LogP contribution is 2.32. The van der Waals surface area contributed by atoms with E-state index in [9.17, 15) is 4.79 Å². The number of para-hydroxylation sites is 1. The average molecular weight is 318 g/mol. The van der Waals surface area contributed by atoms with E-state index < -0.39 is 0 Å². The van der Waals surface area contributed by atoms with E-state index in [2.05, 4.69) is 30.1 Å². The molecule has 0 aliphatic heterocycles. The molecule has 0 saturated heterocycles. The lowest BCUT2D eigenvalue weighted by atomic mass is 9.94. The Morgan fingerprint density at radius 3 is 2.42 bits per heavy atom. The first-order chi connectivity index (χ1) is 11.6. The third kappa shape index (κ3) is 2.90. The predicted octanol–water partition coefficient (Wildman–Crippen LogP) is 4.69. The van der Waals surface area contributed by atoms with E-state index in [0.29, 0.717) is 5.69 Å². The Hall–Kier alpha value is -2.68. The van der Waals surface area contributed by atoms with Gasteiger partial charge in [0.1, 0.15) is 5.69 Å². The molecule has 0 aliphatic rings. The number of benzene rings is 2. The number of nitrogens with zero attached hydrogens (tertiary/aromatic N) is 2. The van der Waals surface area contributed by atoms with Crippen LogP contribution in [0.5, 0.6) is 0 Å². The smallest absolute Gasteiger partial charge is 0.272 e. The number of pyridine rings is 1. The molecule has 0 saturated carbocycles. The summed E-state index contributed by atoms with van der Waals surface area (Å²) in [6.45, 7) is 4.79. The van der Waals surface area contributed by atoms with E-state index in [1.54, 1.807) is 4.90 Å². The van der Waals surface area contributed by atoms with Crippen molar-refractivity contribution >= 4 is 16.8 Å². The fraction of sp³-hybridized carbons (Fsp3) is 0.238. The predicted molar refractivity (Wildman–Crippen MR) is 99.2 cm³/mol. The zero-order valence-electron chi connectivity index (χ0n) is 14.4. The third-order valence-corrected chi connectivity index (χ3v) is 4.31. The molecule has 0 unspecified atom stereocenters. The molecule has 0 fully saturated rings. The molecule has 3 aromatic rings. The Morgan fingerprint density at radius 1 is 1.04 bits per heavy atom. The normalized spacial score (nSPS) is 10.8. The van der Waals surface area contributed by atoms with Crippen molar-refractivity contribution in [2.75, 3.05) is 13.6 Å². The molecule has 1 heterocycles. The van der Waals surface area contributed by atoms with E-state index in [4.69, 9.17) is 0 Å². The van der Waals surface area contributed by atoms with Crippen LogP contribution in [0.1, 0.15) is 29.4 Å². The molecule has 3 rings (SSSR count). The van der Waals surface area contributed by atoms with Gasteiger partial charge >= 0.3 is 0 Å². The summed E-state index contributed by atoms with van der Waals surface area (Å²) in [5.74, 6) is -0.0164. The van der Waals surface area contributed by atoms with E-state index in [1.807, 2.05) is 50.4 Å². The summed E-state index contributed by atoms with van der Waals surface area (Å²) in [7, 11) is 1.84. The first-order valence-corrected chi connectivity index (χ1v) is 8.33. The van der Waals surface area contributed by atoms with Crippen LogP contribution < -0.4 is 0 Å². The van der Waals surface area contributed by atoms with E-state index in [-0.39, 0.29) is 5.91 Å². The van der Waals surface area contributed by atoms with Crippen LogP contribution in [0.4, 0.5) is 0 Å². The standard InChI is InChI=1S/C21H22N2O/c1-4-14-23(3)21(24)20-15(2)19(16-10-6-5-7-11-16)17-12-8-9-13-18(17)22-20/h5-13H,4,14H2,1-3H3. The van der Waals surface area contributed by atoms with Crippen molar-refractivity contribution in [1.29, 1.82) is 0 Å². The number of hydrogen-bond acceptors (Lipinski definition) is 2. The molecule has 0 bridgehead atoms. The van der Waals surface area contributed by atoms with Crippen LogP contribution in [0, 0.1) is 6.92 Å². The molecule has 0 radical (unpaired) electrons. The Balaban J connectivity index is 2.26. The highest BCUT2D eigenvalue weighted by Gasteiger charge is 2.20. The molecule has 0 spiro atoms. The minimum absolute atomic E-state index is 0.0164. The van der Waals surface area contributed by atoms with Gasteiger partial charge in [-0.1, -0.05) is 55.5 Å². The topological polar surface area (TPSA) is 33.2 Å². The zero-order chi connectivity index (χ0) is 17.1. The Labute approximate surface area is 143 Å². The number of aromatic nitrogens is 1. The van der Waals surface area contributed by atoms with Gasteiger partial charge in [-0.2, -0.15) is 0 Å². The van der Waals surface area contributed by atoms with Gasteiger partial charge in [0, 0.05) is 19.0 Å². The monoisotopic (exact) mass is 318 g/mol. The van der Waals surface area contributed by atoms with E-state index >= 15 is 0 Å². The third-order valence-electron chi connectivity index (χ3n) is 4.31. The highest BCUT2D eigenvalue weighted by molar-refractivity contribution is 6.03. The first-order valence-electron chi connectivity index (χ1n) is 8.33. The first kappa shape index (κ1) is 16.2. The maximum atomic E-state index is 12.8. The van der Waals surface area contributed by atoms with Gasteiger partial charge in [-0.25, -0.2) is 4.98 Å². The molecule has 0 N–H and O–H groups in total. The van der Waals surface area contributed by atoms with Crippen molar-refractivity contribution < 1.29 is 4.79 Å². The molecule has 3 nitrogen and oxygen atoms in total. The molecule has 3 heteroatoms. The zero-order valence-corrected chi connectivity index (χ0v) is 14.4. The summed E-state index contributed by atoms with van der Waals surface area (Å²) >= 11 is 0. The van der Waals surface area contributed by atoms with Gasteiger partial charge in [0.2, 0.25) is 0 Å². The van der Waals surface area contributed by atoms with Gasteiger partial charge in [-0.3, -0.25) is 4.79 Å². The van der Waals surface area contributed by atoms with Crippen molar-refractivity contribution in [3.8, 4) is 11.1 Å². The summed E-state index contributed by atoms with van der Waals surface area (Å²) in [5.41, 5.74) is 4.54. The second-order valence-corrected chi connectivity index (χ2v) is 6.07. The highest BCUT2D eigenvalue weighted by atomic mass is 16.2. The minimum Gasteiger partial charge on any atom is -0.340 e. The fourth-order valence-corrected chi connectivity index (χ4v) is 3.11. The van der Waals surface area contributed by atoms with Crippen LogP contribution in [-0.4, -0.2) is 29.4 Å². The Bertz CT molecular complexity index is 872. The van der Waals surface area contributed by atoms with Crippen LogP contribution in [0.15, 0.2) is 54.6 Å².